The molecule has 2 aromatic heterocycles. The molecule has 1 N–H and O–H groups in total. The number of benzene rings is 1. The third-order valence-electron chi connectivity index (χ3n) is 3.93. The molecule has 0 saturated carbocycles. The molecule has 0 spiro atoms. The van der Waals surface area contributed by atoms with Crippen molar-refractivity contribution in [1.29, 1.82) is 0 Å². The number of thioether (sulfide) groups is 1. The number of hydrogen-bond acceptors (Lipinski definition) is 6. The number of anilines is 1. The zero-order valence-electron chi connectivity index (χ0n) is 15.8. The van der Waals surface area contributed by atoms with E-state index in [9.17, 15) is 9.59 Å². The van der Waals surface area contributed by atoms with Gasteiger partial charge in [0, 0.05) is 24.8 Å². The fraction of sp³-hybridized carbons (Fsp3) is 0.250. The largest absolute Gasteiger partial charge is 0.325 e. The number of carbonyl (C=O) groups is 2. The third kappa shape index (κ3) is 5.04. The summed E-state index contributed by atoms with van der Waals surface area (Å²) in [5, 5.41) is 12.0. The molecule has 0 radical (unpaired) electrons. The molecule has 0 aliphatic heterocycles. The number of hydrogen-bond donors (Lipinski definition) is 1. The summed E-state index contributed by atoms with van der Waals surface area (Å²) in [4.78, 5) is 27.8. The van der Waals surface area contributed by atoms with Gasteiger partial charge in [-0.1, -0.05) is 36.0 Å². The molecule has 3 aromatic rings. The average Bonchev–Trinajstić information content (AvgIpc) is 3.10. The van der Waals surface area contributed by atoms with Crippen LogP contribution in [0.15, 0.2) is 53.8 Å². The second kappa shape index (κ2) is 9.27. The van der Waals surface area contributed by atoms with Crippen molar-refractivity contribution < 1.29 is 9.59 Å². The Balaban J connectivity index is 1.68. The maximum atomic E-state index is 12.2. The van der Waals surface area contributed by atoms with Gasteiger partial charge in [0.05, 0.1) is 5.75 Å². The zero-order chi connectivity index (χ0) is 19.9. The molecule has 2 heterocycles. The molecule has 144 valence electrons. The van der Waals surface area contributed by atoms with E-state index in [1.165, 1.54) is 11.8 Å². The van der Waals surface area contributed by atoms with Crippen molar-refractivity contribution in [2.45, 2.75) is 32.0 Å². The number of nitrogens with zero attached hydrogens (tertiary/aromatic N) is 4. The molecule has 0 bridgehead atoms. The summed E-state index contributed by atoms with van der Waals surface area (Å²) in [6.45, 7) is 4.20. The number of Topliss-reactive ketones (excluding diaryl/α,β-unsaturated/α-hetero) is 1. The molecule has 3 rings (SSSR count). The quantitative estimate of drug-likeness (QED) is 0.589. The van der Waals surface area contributed by atoms with Gasteiger partial charge in [0.2, 0.25) is 5.91 Å². The van der Waals surface area contributed by atoms with E-state index in [-0.39, 0.29) is 17.4 Å². The summed E-state index contributed by atoms with van der Waals surface area (Å²) in [7, 11) is 0. The molecule has 1 aromatic carbocycles. The first-order chi connectivity index (χ1) is 13.6. The van der Waals surface area contributed by atoms with Crippen LogP contribution in [0.2, 0.25) is 0 Å². The van der Waals surface area contributed by atoms with Crippen LogP contribution in [0.3, 0.4) is 0 Å². The van der Waals surface area contributed by atoms with E-state index in [0.29, 0.717) is 29.6 Å². The molecule has 0 aliphatic carbocycles. The molecule has 28 heavy (non-hydrogen) atoms. The van der Waals surface area contributed by atoms with Crippen LogP contribution in [0.4, 0.5) is 5.69 Å². The Morgan fingerprint density at radius 2 is 1.89 bits per heavy atom. The summed E-state index contributed by atoms with van der Waals surface area (Å²) >= 11 is 1.33. The van der Waals surface area contributed by atoms with Crippen molar-refractivity contribution >= 4 is 29.1 Å². The molecule has 0 unspecified atom stereocenters. The van der Waals surface area contributed by atoms with Crippen LogP contribution in [0.5, 0.6) is 0 Å². The van der Waals surface area contributed by atoms with Crippen LogP contribution in [0.1, 0.15) is 19.4 Å². The lowest BCUT2D eigenvalue weighted by atomic mass is 10.1. The van der Waals surface area contributed by atoms with Gasteiger partial charge in [-0.25, -0.2) is 0 Å². The molecule has 0 fully saturated rings. The first-order valence-electron chi connectivity index (χ1n) is 8.92. The number of aromatic nitrogens is 4. The summed E-state index contributed by atoms with van der Waals surface area (Å²) in [5.41, 5.74) is 2.31. The number of nitrogens with one attached hydrogen (secondary N) is 1. The maximum absolute atomic E-state index is 12.2. The number of pyridine rings is 1. The molecule has 7 nitrogen and oxygen atoms in total. The van der Waals surface area contributed by atoms with Crippen LogP contribution in [0, 0.1) is 0 Å². The normalized spacial score (nSPS) is 10.6. The zero-order valence-corrected chi connectivity index (χ0v) is 16.6. The fourth-order valence-corrected chi connectivity index (χ4v) is 3.47. The van der Waals surface area contributed by atoms with E-state index in [2.05, 4.69) is 20.5 Å². The minimum absolute atomic E-state index is 0.0961. The lowest BCUT2D eigenvalue weighted by Crippen LogP contribution is -2.14. The minimum atomic E-state index is -0.102. The van der Waals surface area contributed by atoms with E-state index < -0.39 is 0 Å². The minimum Gasteiger partial charge on any atom is -0.325 e. The highest BCUT2D eigenvalue weighted by molar-refractivity contribution is 7.99. The molecular weight excluding hydrogens is 374 g/mol. The SMILES string of the molecule is CCn1c(SCC(=O)Nc2ccccc2)nnc1-c1ccc(CC(C)=O)cn1. The Morgan fingerprint density at radius 1 is 1.11 bits per heavy atom. The molecule has 0 atom stereocenters. The van der Waals surface area contributed by atoms with E-state index >= 15 is 0 Å². The van der Waals surface area contributed by atoms with Crippen molar-refractivity contribution in [1.82, 2.24) is 19.7 Å². The highest BCUT2D eigenvalue weighted by Crippen LogP contribution is 2.23. The number of para-hydroxylation sites is 1. The lowest BCUT2D eigenvalue weighted by Gasteiger charge is -2.08. The van der Waals surface area contributed by atoms with Crippen molar-refractivity contribution in [2.75, 3.05) is 11.1 Å². The third-order valence-corrected chi connectivity index (χ3v) is 4.90. The summed E-state index contributed by atoms with van der Waals surface area (Å²) in [6, 6.07) is 13.0. The predicted octanol–water partition coefficient (Wildman–Crippen LogP) is 3.22. The topological polar surface area (TPSA) is 89.8 Å². The van der Waals surface area contributed by atoms with Gasteiger partial charge in [0.15, 0.2) is 11.0 Å². The number of rotatable bonds is 8. The van der Waals surface area contributed by atoms with Crippen molar-refractivity contribution in [3.05, 3.63) is 54.2 Å². The van der Waals surface area contributed by atoms with Gasteiger partial charge >= 0.3 is 0 Å². The Bertz CT molecular complexity index is 954. The monoisotopic (exact) mass is 395 g/mol. The van der Waals surface area contributed by atoms with Gasteiger partial charge in [-0.3, -0.25) is 14.6 Å². The average molecular weight is 395 g/mol. The highest BCUT2D eigenvalue weighted by atomic mass is 32.2. The van der Waals surface area contributed by atoms with E-state index in [1.54, 1.807) is 13.1 Å². The highest BCUT2D eigenvalue weighted by Gasteiger charge is 2.15. The van der Waals surface area contributed by atoms with Crippen LogP contribution in [0.25, 0.3) is 11.5 Å². The number of carbonyl (C=O) groups excluding carboxylic acids is 2. The predicted molar refractivity (Wildman–Crippen MR) is 109 cm³/mol. The van der Waals surface area contributed by atoms with Crippen LogP contribution in [-0.2, 0) is 22.6 Å². The van der Waals surface area contributed by atoms with E-state index in [0.717, 1.165) is 11.3 Å². The van der Waals surface area contributed by atoms with Gasteiger partial charge in [-0.2, -0.15) is 0 Å². The van der Waals surface area contributed by atoms with Crippen molar-refractivity contribution in [2.24, 2.45) is 0 Å². The molecule has 0 aliphatic rings. The van der Waals surface area contributed by atoms with Crippen molar-refractivity contribution in [3.63, 3.8) is 0 Å². The smallest absolute Gasteiger partial charge is 0.234 e. The fourth-order valence-electron chi connectivity index (χ4n) is 2.67. The summed E-state index contributed by atoms with van der Waals surface area (Å²) in [5.74, 6) is 0.870. The Hall–Kier alpha value is -3.00. The Morgan fingerprint density at radius 3 is 2.54 bits per heavy atom. The summed E-state index contributed by atoms with van der Waals surface area (Å²) < 4.78 is 1.92. The number of amides is 1. The van der Waals surface area contributed by atoms with Gasteiger partial charge in [-0.05, 0) is 37.6 Å². The number of ketones is 1. The van der Waals surface area contributed by atoms with Crippen LogP contribution in [-0.4, -0.2) is 37.2 Å². The van der Waals surface area contributed by atoms with Gasteiger partial charge in [0.25, 0.3) is 0 Å². The second-order valence-electron chi connectivity index (χ2n) is 6.18. The summed E-state index contributed by atoms with van der Waals surface area (Å²) in [6.07, 6.45) is 2.05. The van der Waals surface area contributed by atoms with E-state index in [4.69, 9.17) is 0 Å². The molecule has 0 saturated heterocycles. The first-order valence-corrected chi connectivity index (χ1v) is 9.91. The maximum Gasteiger partial charge on any atom is 0.234 e. The van der Waals surface area contributed by atoms with Gasteiger partial charge in [-0.15, -0.1) is 10.2 Å². The first kappa shape index (κ1) is 19.8. The Kier molecular flexibility index (Phi) is 6.54. The molecule has 8 heteroatoms. The second-order valence-corrected chi connectivity index (χ2v) is 7.13. The van der Waals surface area contributed by atoms with Gasteiger partial charge in [0.1, 0.15) is 11.5 Å². The van der Waals surface area contributed by atoms with Gasteiger partial charge < -0.3 is 9.88 Å². The van der Waals surface area contributed by atoms with Crippen molar-refractivity contribution in [3.8, 4) is 11.5 Å². The Labute approximate surface area is 167 Å². The van der Waals surface area contributed by atoms with Crippen LogP contribution >= 0.6 is 11.8 Å². The standard InChI is InChI=1S/C20H21N5O2S/c1-3-25-19(17-10-9-15(12-21-17)11-14(2)26)23-24-20(25)28-13-18(27)22-16-7-5-4-6-8-16/h4-10,12H,3,11,13H2,1-2H3,(H,22,27). The van der Waals surface area contributed by atoms with E-state index in [1.807, 2.05) is 54.0 Å². The lowest BCUT2D eigenvalue weighted by molar-refractivity contribution is -0.116. The molecule has 1 amide bonds. The molecular formula is C20H21N5O2S. The van der Waals surface area contributed by atoms with Crippen LogP contribution < -0.4 is 5.32 Å².